The highest BCUT2D eigenvalue weighted by Crippen LogP contribution is 2.28. The highest BCUT2D eigenvalue weighted by atomic mass is 35.5. The van der Waals surface area contributed by atoms with Gasteiger partial charge in [0.1, 0.15) is 0 Å². The zero-order valence-electron chi connectivity index (χ0n) is 15.8. The maximum atomic E-state index is 12.6. The number of carbonyl (C=O) groups is 2. The van der Waals surface area contributed by atoms with E-state index in [1.165, 1.54) is 0 Å². The number of amides is 1. The lowest BCUT2D eigenvalue weighted by molar-refractivity contribution is 0.0374. The van der Waals surface area contributed by atoms with Crippen LogP contribution in [0.15, 0.2) is 48.5 Å². The molecule has 0 aromatic heterocycles. The van der Waals surface area contributed by atoms with E-state index in [1.807, 2.05) is 12.1 Å². The highest BCUT2D eigenvalue weighted by molar-refractivity contribution is 6.31. The van der Waals surface area contributed by atoms with Crippen LogP contribution in [0.25, 0.3) is 0 Å². The van der Waals surface area contributed by atoms with Crippen LogP contribution in [0.4, 0.5) is 0 Å². The van der Waals surface area contributed by atoms with Gasteiger partial charge in [0, 0.05) is 46.1 Å². The van der Waals surface area contributed by atoms with Crippen LogP contribution in [0.1, 0.15) is 53.5 Å². The Labute approximate surface area is 187 Å². The average molecular weight is 464 g/mol. The first-order valence-electron chi connectivity index (χ1n) is 8.49. The number of benzene rings is 2. The highest BCUT2D eigenvalue weighted by Gasteiger charge is 2.35. The van der Waals surface area contributed by atoms with Gasteiger partial charge in [-0.1, -0.05) is 42.8 Å². The Morgan fingerprint density at radius 1 is 0.929 bits per heavy atom. The molecule has 0 aliphatic heterocycles. The molecule has 0 aliphatic rings. The SMILES string of the molecule is CCc1ccc(C(=O)CC(C)(C)N(Cl)N(Cl)C(=O)c2ccc(Cl)cc2)cc1.Cl. The number of nitrogens with zero attached hydrogens (tertiary/aromatic N) is 2. The summed E-state index contributed by atoms with van der Waals surface area (Å²) in [4.78, 5) is 25.1. The second kappa shape index (κ2) is 10.5. The molecule has 0 atom stereocenters. The van der Waals surface area contributed by atoms with Gasteiger partial charge in [-0.25, -0.2) is 0 Å². The molecule has 8 heteroatoms. The van der Waals surface area contributed by atoms with Crippen LogP contribution < -0.4 is 0 Å². The first-order valence-corrected chi connectivity index (χ1v) is 9.55. The van der Waals surface area contributed by atoms with E-state index in [4.69, 9.17) is 35.2 Å². The number of hydrogen-bond acceptors (Lipinski definition) is 3. The molecular weight excluding hydrogens is 442 g/mol. The minimum absolute atomic E-state index is 0. The average Bonchev–Trinajstić information content (AvgIpc) is 2.66. The molecule has 0 aliphatic carbocycles. The van der Waals surface area contributed by atoms with E-state index in [1.54, 1.807) is 50.2 Å². The Bertz CT molecular complexity index is 808. The van der Waals surface area contributed by atoms with Crippen LogP contribution in [0, 0.1) is 0 Å². The summed E-state index contributed by atoms with van der Waals surface area (Å²) < 4.78 is 1.82. The van der Waals surface area contributed by atoms with Crippen molar-refractivity contribution in [1.82, 2.24) is 9.06 Å². The second-order valence-corrected chi connectivity index (χ2v) is 7.87. The van der Waals surface area contributed by atoms with Crippen molar-refractivity contribution in [3.63, 3.8) is 0 Å². The Hall–Kier alpha value is -1.30. The molecule has 0 fully saturated rings. The van der Waals surface area contributed by atoms with Crippen LogP contribution in [-0.2, 0) is 6.42 Å². The lowest BCUT2D eigenvalue weighted by Crippen LogP contribution is -2.48. The van der Waals surface area contributed by atoms with E-state index in [0.29, 0.717) is 16.1 Å². The monoisotopic (exact) mass is 462 g/mol. The summed E-state index contributed by atoms with van der Waals surface area (Å²) in [7, 11) is 0. The van der Waals surface area contributed by atoms with Gasteiger partial charge in [-0.2, -0.15) is 4.53 Å². The quantitative estimate of drug-likeness (QED) is 0.273. The third-order valence-corrected chi connectivity index (χ3v) is 5.43. The predicted octanol–water partition coefficient (Wildman–Crippen LogP) is 6.34. The van der Waals surface area contributed by atoms with E-state index in [-0.39, 0.29) is 24.6 Å². The number of aryl methyl sites for hydroxylation is 1. The van der Waals surface area contributed by atoms with Crippen molar-refractivity contribution in [2.24, 2.45) is 0 Å². The Kier molecular flexibility index (Phi) is 9.25. The Morgan fingerprint density at radius 3 is 1.93 bits per heavy atom. The fourth-order valence-electron chi connectivity index (χ4n) is 2.50. The van der Waals surface area contributed by atoms with E-state index >= 15 is 0 Å². The van der Waals surface area contributed by atoms with Gasteiger partial charge < -0.3 is 0 Å². The molecule has 0 radical (unpaired) electrons. The fraction of sp³-hybridized carbons (Fsp3) is 0.300. The van der Waals surface area contributed by atoms with E-state index in [0.717, 1.165) is 21.0 Å². The van der Waals surface area contributed by atoms with Gasteiger partial charge in [-0.05, 0) is 50.1 Å². The maximum absolute atomic E-state index is 12.6. The summed E-state index contributed by atoms with van der Waals surface area (Å²) in [5.41, 5.74) is 1.18. The molecule has 28 heavy (non-hydrogen) atoms. The smallest absolute Gasteiger partial charge is 0.284 e. The zero-order chi connectivity index (χ0) is 20.2. The minimum atomic E-state index is -0.897. The van der Waals surface area contributed by atoms with Gasteiger partial charge in [-0.3, -0.25) is 9.59 Å². The van der Waals surface area contributed by atoms with E-state index in [2.05, 4.69) is 6.92 Å². The molecule has 2 aromatic carbocycles. The van der Waals surface area contributed by atoms with Gasteiger partial charge in [0.05, 0.1) is 5.54 Å². The number of Topliss-reactive ketones (excluding diaryl/α,β-unsaturated/α-hetero) is 1. The first kappa shape index (κ1) is 24.7. The van der Waals surface area contributed by atoms with Gasteiger partial charge >= 0.3 is 0 Å². The number of hydrazine groups is 1. The topological polar surface area (TPSA) is 40.6 Å². The van der Waals surface area contributed by atoms with Crippen LogP contribution in [-0.4, -0.2) is 26.3 Å². The molecule has 0 spiro atoms. The summed E-state index contributed by atoms with van der Waals surface area (Å²) >= 11 is 18.3. The molecular formula is C20H22Cl4N2O2. The lowest BCUT2D eigenvalue weighted by atomic mass is 9.94. The molecule has 0 bridgehead atoms. The number of ketones is 1. The lowest BCUT2D eigenvalue weighted by Gasteiger charge is -2.35. The summed E-state index contributed by atoms with van der Waals surface area (Å²) in [6.45, 7) is 5.53. The van der Waals surface area contributed by atoms with Crippen molar-refractivity contribution in [3.05, 3.63) is 70.2 Å². The van der Waals surface area contributed by atoms with Crippen molar-refractivity contribution in [1.29, 1.82) is 0 Å². The van der Waals surface area contributed by atoms with Gasteiger partial charge in [0.2, 0.25) is 0 Å². The summed E-state index contributed by atoms with van der Waals surface area (Å²) in [6.07, 6.45) is 0.989. The Morgan fingerprint density at radius 2 is 1.43 bits per heavy atom. The number of rotatable bonds is 7. The second-order valence-electron chi connectivity index (χ2n) is 6.80. The van der Waals surface area contributed by atoms with Crippen molar-refractivity contribution in [2.45, 2.75) is 39.2 Å². The molecule has 0 unspecified atom stereocenters. The number of hydrogen-bond donors (Lipinski definition) is 0. The Balaban J connectivity index is 0.00000392. The molecule has 1 amide bonds. The molecule has 2 aromatic rings. The van der Waals surface area contributed by atoms with Crippen LogP contribution in [0.3, 0.4) is 0 Å². The fourth-order valence-corrected chi connectivity index (χ4v) is 3.06. The van der Waals surface area contributed by atoms with Crippen molar-refractivity contribution in [2.75, 3.05) is 0 Å². The van der Waals surface area contributed by atoms with Crippen LogP contribution in [0.5, 0.6) is 0 Å². The largest absolute Gasteiger partial charge is 0.294 e. The van der Waals surface area contributed by atoms with Crippen LogP contribution >= 0.6 is 47.6 Å². The zero-order valence-corrected chi connectivity index (χ0v) is 18.9. The number of halogens is 4. The molecule has 0 heterocycles. The molecule has 0 saturated carbocycles. The van der Waals surface area contributed by atoms with Crippen molar-refractivity contribution < 1.29 is 9.59 Å². The first-order chi connectivity index (χ1) is 12.7. The summed E-state index contributed by atoms with van der Waals surface area (Å²) in [6, 6.07) is 13.7. The maximum Gasteiger partial charge on any atom is 0.284 e. The van der Waals surface area contributed by atoms with E-state index in [9.17, 15) is 9.59 Å². The normalized spacial score (nSPS) is 11.1. The van der Waals surface area contributed by atoms with Crippen LogP contribution in [0.2, 0.25) is 5.02 Å². The van der Waals surface area contributed by atoms with Crippen molar-refractivity contribution in [3.8, 4) is 0 Å². The molecule has 0 N–H and O–H groups in total. The van der Waals surface area contributed by atoms with Gasteiger partial charge in [0.15, 0.2) is 5.78 Å². The van der Waals surface area contributed by atoms with Gasteiger partial charge in [0.25, 0.3) is 5.91 Å². The van der Waals surface area contributed by atoms with Crippen molar-refractivity contribution >= 4 is 59.3 Å². The third-order valence-electron chi connectivity index (χ3n) is 4.19. The minimum Gasteiger partial charge on any atom is -0.294 e. The standard InChI is InChI=1S/C20H21Cl3N2O2.ClH/c1-4-14-5-7-15(8-6-14)18(26)13-20(2,3)25(23)24(22)19(27)16-9-11-17(21)12-10-16;/h5-12H,4,13H2,1-3H3;1H. The summed E-state index contributed by atoms with van der Waals surface area (Å²) in [5.74, 6) is -0.603. The molecule has 0 saturated heterocycles. The van der Waals surface area contributed by atoms with Gasteiger partial charge in [-0.15, -0.1) is 16.9 Å². The molecule has 152 valence electrons. The molecule has 4 nitrogen and oxygen atoms in total. The van der Waals surface area contributed by atoms with E-state index < -0.39 is 11.4 Å². The molecule has 2 rings (SSSR count). The number of carbonyl (C=O) groups excluding carboxylic acids is 2. The summed E-state index contributed by atoms with van der Waals surface area (Å²) in [5, 5.41) is 0.510. The third kappa shape index (κ3) is 6.10. The predicted molar refractivity (Wildman–Crippen MR) is 117 cm³/mol.